The van der Waals surface area contributed by atoms with Crippen LogP contribution in [0.3, 0.4) is 0 Å². The number of ether oxygens (including phenoxy) is 2. The summed E-state index contributed by atoms with van der Waals surface area (Å²) in [6.45, 7) is 4.01. The van der Waals surface area contributed by atoms with Gasteiger partial charge in [-0.25, -0.2) is 4.39 Å². The van der Waals surface area contributed by atoms with Crippen molar-refractivity contribution in [2.24, 2.45) is 5.41 Å². The van der Waals surface area contributed by atoms with E-state index in [9.17, 15) is 18.3 Å². The summed E-state index contributed by atoms with van der Waals surface area (Å²) in [6.07, 6.45) is 11.1. The Morgan fingerprint density at radius 3 is 2.60 bits per heavy atom. The molecule has 2 unspecified atom stereocenters. The SMILES string of the molecule is C#Cc1cccc2cc(O)cc(-c3c(SC(F)(F)F)cc4c(N5CC6CCC(C5)N6)nc(OCC5(CN6C[C@H]7C[C@@H]6CO7)CC5)nc4c3F)c12. The number of benzene rings is 3. The van der Waals surface area contributed by atoms with Crippen LogP contribution in [0.5, 0.6) is 11.8 Å². The number of phenols is 1. The van der Waals surface area contributed by atoms with Crippen molar-refractivity contribution < 1.29 is 32.1 Å². The smallest absolute Gasteiger partial charge is 0.446 e. The zero-order valence-corrected chi connectivity index (χ0v) is 27.9. The fourth-order valence-corrected chi connectivity index (χ4v) is 9.20. The highest BCUT2D eigenvalue weighted by atomic mass is 32.2. The number of halogens is 4. The summed E-state index contributed by atoms with van der Waals surface area (Å²) < 4.78 is 72.1. The van der Waals surface area contributed by atoms with Crippen molar-refractivity contribution in [1.82, 2.24) is 20.2 Å². The lowest BCUT2D eigenvalue weighted by atomic mass is 9.93. The van der Waals surface area contributed by atoms with Crippen molar-refractivity contribution in [1.29, 1.82) is 0 Å². The predicted octanol–water partition coefficient (Wildman–Crippen LogP) is 6.46. The number of aromatic nitrogens is 2. The monoisotopic (exact) mass is 705 g/mol. The molecule has 0 amide bonds. The van der Waals surface area contributed by atoms with Crippen LogP contribution in [0.2, 0.25) is 0 Å². The average molecular weight is 706 g/mol. The van der Waals surface area contributed by atoms with Crippen LogP contribution in [-0.4, -0.2) is 89.1 Å². The minimum atomic E-state index is -4.74. The maximum atomic E-state index is 17.3. The number of phenolic OH excluding ortho intramolecular Hbond substituents is 1. The maximum absolute atomic E-state index is 17.3. The van der Waals surface area contributed by atoms with Crippen molar-refractivity contribution in [3.63, 3.8) is 0 Å². The molecule has 2 N–H and O–H groups in total. The van der Waals surface area contributed by atoms with E-state index >= 15 is 4.39 Å². The topological polar surface area (TPSA) is 83.0 Å². The van der Waals surface area contributed by atoms with Crippen molar-refractivity contribution in [2.75, 3.05) is 44.3 Å². The number of terminal acetylenes is 1. The first-order chi connectivity index (χ1) is 24.0. The van der Waals surface area contributed by atoms with Gasteiger partial charge in [0.25, 0.3) is 0 Å². The molecule has 4 aromatic rings. The highest BCUT2D eigenvalue weighted by Crippen LogP contribution is 2.50. The zero-order chi connectivity index (χ0) is 34.4. The Labute approximate surface area is 290 Å². The van der Waals surface area contributed by atoms with Gasteiger partial charge < -0.3 is 24.8 Å². The standard InChI is InChI=1S/C37H35F4N5O3S/c1-2-20-4-3-5-21-10-25(47)12-27(30(20)21)31-29(50-37(39,40)41)13-28-33(32(31)38)43-35(44-34(28)45-14-22-6-7-23(15-45)42-22)49-19-36(8-9-36)18-46-16-26-11-24(46)17-48-26/h1,3-5,10,12-13,22-24,26,42,47H,6-9,11,14-19H2/t22?,23?,24-,26-/m1/s1. The van der Waals surface area contributed by atoms with Gasteiger partial charge in [0.05, 0.1) is 19.3 Å². The molecule has 5 heterocycles. The highest BCUT2D eigenvalue weighted by molar-refractivity contribution is 8.00. The first-order valence-electron chi connectivity index (χ1n) is 17.1. The number of morpholine rings is 1. The summed E-state index contributed by atoms with van der Waals surface area (Å²) in [7, 11) is 0. The number of hydrogen-bond donors (Lipinski definition) is 2. The van der Waals surface area contributed by atoms with Gasteiger partial charge in [-0.1, -0.05) is 18.1 Å². The molecular formula is C37H35F4N5O3S. The number of anilines is 1. The Bertz CT molecular complexity index is 2060. The van der Waals surface area contributed by atoms with E-state index in [0.717, 1.165) is 51.8 Å². The maximum Gasteiger partial charge on any atom is 0.446 e. The fraction of sp³-hybridized carbons (Fsp3) is 0.459. The van der Waals surface area contributed by atoms with Gasteiger partial charge in [-0.2, -0.15) is 23.1 Å². The third kappa shape index (κ3) is 5.80. The number of nitrogens with zero attached hydrogens (tertiary/aromatic N) is 4. The molecule has 0 radical (unpaired) electrons. The Morgan fingerprint density at radius 2 is 1.92 bits per heavy atom. The molecule has 9 rings (SSSR count). The molecule has 1 saturated carbocycles. The second-order valence-corrected chi connectivity index (χ2v) is 15.6. The van der Waals surface area contributed by atoms with E-state index in [4.69, 9.17) is 20.9 Å². The quantitative estimate of drug-likeness (QED) is 0.122. The Balaban J connectivity index is 1.19. The predicted molar refractivity (Wildman–Crippen MR) is 183 cm³/mol. The van der Waals surface area contributed by atoms with Gasteiger partial charge in [0.15, 0.2) is 5.82 Å². The molecule has 1 aromatic heterocycles. The van der Waals surface area contributed by atoms with Crippen LogP contribution in [0.1, 0.15) is 37.7 Å². The number of piperazine rings is 1. The largest absolute Gasteiger partial charge is 0.508 e. The lowest BCUT2D eigenvalue weighted by Gasteiger charge is -2.34. The molecule has 260 valence electrons. The lowest BCUT2D eigenvalue weighted by molar-refractivity contribution is -0.0328. The van der Waals surface area contributed by atoms with E-state index in [2.05, 4.69) is 21.1 Å². The summed E-state index contributed by atoms with van der Waals surface area (Å²) in [6, 6.07) is 9.81. The number of alkyl halides is 3. The van der Waals surface area contributed by atoms with Crippen LogP contribution in [0.15, 0.2) is 41.3 Å². The molecule has 5 fully saturated rings. The number of thioether (sulfide) groups is 1. The Hall–Kier alpha value is -3.83. The van der Waals surface area contributed by atoms with Gasteiger partial charge in [0.2, 0.25) is 0 Å². The van der Waals surface area contributed by atoms with Crippen molar-refractivity contribution in [3.05, 3.63) is 47.8 Å². The molecule has 13 heteroatoms. The van der Waals surface area contributed by atoms with Gasteiger partial charge in [-0.15, -0.1) is 6.42 Å². The first kappa shape index (κ1) is 32.1. The second kappa shape index (κ2) is 11.9. The lowest BCUT2D eigenvalue weighted by Crippen LogP contribution is -2.51. The summed E-state index contributed by atoms with van der Waals surface area (Å²) in [4.78, 5) is 13.5. The third-order valence-electron chi connectivity index (χ3n) is 11.0. The first-order valence-corrected chi connectivity index (χ1v) is 17.9. The highest BCUT2D eigenvalue weighted by Gasteiger charge is 2.49. The summed E-state index contributed by atoms with van der Waals surface area (Å²) in [5, 5.41) is 15.3. The van der Waals surface area contributed by atoms with Gasteiger partial charge in [0, 0.05) is 76.5 Å². The number of hydrogen-bond acceptors (Lipinski definition) is 9. The fourth-order valence-electron chi connectivity index (χ4n) is 8.47. The van der Waals surface area contributed by atoms with Crippen LogP contribution in [0, 0.1) is 23.6 Å². The molecule has 4 aliphatic heterocycles. The average Bonchev–Trinajstić information content (AvgIpc) is 3.33. The Morgan fingerprint density at radius 1 is 1.12 bits per heavy atom. The number of aromatic hydroxyl groups is 1. The van der Waals surface area contributed by atoms with Gasteiger partial charge in [-0.3, -0.25) is 4.90 Å². The van der Waals surface area contributed by atoms with E-state index in [1.807, 2.05) is 4.90 Å². The van der Waals surface area contributed by atoms with Crippen molar-refractivity contribution in [2.45, 2.75) is 66.7 Å². The van der Waals surface area contributed by atoms with E-state index < -0.39 is 23.1 Å². The van der Waals surface area contributed by atoms with Gasteiger partial charge >= 0.3 is 11.5 Å². The van der Waals surface area contributed by atoms with E-state index in [0.29, 0.717) is 47.9 Å². The molecule has 4 bridgehead atoms. The van der Waals surface area contributed by atoms with Crippen LogP contribution in [-0.2, 0) is 4.74 Å². The van der Waals surface area contributed by atoms with Crippen LogP contribution < -0.4 is 15.0 Å². The van der Waals surface area contributed by atoms with Crippen LogP contribution in [0.25, 0.3) is 32.8 Å². The van der Waals surface area contributed by atoms with Crippen molar-refractivity contribution >= 4 is 39.3 Å². The van der Waals surface area contributed by atoms with E-state index in [-0.39, 0.29) is 62.3 Å². The minimum absolute atomic E-state index is 0.0120. The molecule has 50 heavy (non-hydrogen) atoms. The van der Waals surface area contributed by atoms with Crippen LogP contribution in [0.4, 0.5) is 23.4 Å². The van der Waals surface area contributed by atoms with Crippen LogP contribution >= 0.6 is 11.8 Å². The third-order valence-corrected chi connectivity index (χ3v) is 11.8. The molecule has 1 aliphatic carbocycles. The summed E-state index contributed by atoms with van der Waals surface area (Å²) >= 11 is -0.411. The van der Waals surface area contributed by atoms with Gasteiger partial charge in [0.1, 0.15) is 17.1 Å². The summed E-state index contributed by atoms with van der Waals surface area (Å²) in [5.74, 6) is 1.72. The number of rotatable bonds is 8. The van der Waals surface area contributed by atoms with E-state index in [1.165, 1.54) is 18.2 Å². The number of likely N-dealkylation sites (tertiary alicyclic amines) is 1. The molecular weight excluding hydrogens is 670 g/mol. The van der Waals surface area contributed by atoms with E-state index in [1.54, 1.807) is 18.2 Å². The molecule has 4 saturated heterocycles. The second-order valence-electron chi connectivity index (χ2n) is 14.5. The molecule has 5 aliphatic rings. The Kier molecular flexibility index (Phi) is 7.62. The van der Waals surface area contributed by atoms with Crippen molar-refractivity contribution in [3.8, 4) is 35.2 Å². The minimum Gasteiger partial charge on any atom is -0.508 e. The molecule has 3 aromatic carbocycles. The number of nitrogens with one attached hydrogen (secondary N) is 1. The van der Waals surface area contributed by atoms with Gasteiger partial charge in [-0.05, 0) is 79.1 Å². The zero-order valence-electron chi connectivity index (χ0n) is 27.1. The normalized spacial score (nSPS) is 25.5. The molecule has 4 atom stereocenters. The summed E-state index contributed by atoms with van der Waals surface area (Å²) in [5.41, 5.74) is -4.90. The molecule has 8 nitrogen and oxygen atoms in total. The molecule has 0 spiro atoms. The number of fused-ring (bicyclic) bond motifs is 6.